The monoisotopic (exact) mass is 380 g/mol. The number of piperidine rings is 1. The number of nitrogens with one attached hydrogen (secondary N) is 3. The molecule has 26 heavy (non-hydrogen) atoms. The van der Waals surface area contributed by atoms with Crippen molar-refractivity contribution in [1.29, 1.82) is 0 Å². The Balaban J connectivity index is 1.90. The summed E-state index contributed by atoms with van der Waals surface area (Å²) in [6.07, 6.45) is 1.81. The van der Waals surface area contributed by atoms with Gasteiger partial charge in [-0.2, -0.15) is 0 Å². The predicted octanol–water partition coefficient (Wildman–Crippen LogP) is 2.67. The van der Waals surface area contributed by atoms with Crippen LogP contribution in [-0.4, -0.2) is 31.1 Å². The highest BCUT2D eigenvalue weighted by atomic mass is 32.1. The molecule has 1 aliphatic heterocycles. The molecule has 1 aromatic heterocycles. The number of carbonyl (C=O) groups excluding carboxylic acids is 2. The van der Waals surface area contributed by atoms with Gasteiger partial charge < -0.3 is 21.7 Å². The van der Waals surface area contributed by atoms with E-state index in [-0.39, 0.29) is 28.1 Å². The predicted molar refractivity (Wildman–Crippen MR) is 96.2 cm³/mol. The Hall–Kier alpha value is -2.52. The number of halogens is 2. The van der Waals surface area contributed by atoms with E-state index in [9.17, 15) is 18.4 Å². The Morgan fingerprint density at radius 3 is 2.54 bits per heavy atom. The molecule has 1 aromatic carbocycles. The Labute approximate surface area is 152 Å². The Bertz CT molecular complexity index is 814. The second-order valence-electron chi connectivity index (χ2n) is 6.02. The zero-order valence-electron chi connectivity index (χ0n) is 13.8. The highest BCUT2D eigenvalue weighted by Crippen LogP contribution is 2.35. The molecule has 0 saturated carbocycles. The van der Waals surface area contributed by atoms with E-state index in [1.165, 1.54) is 6.07 Å². The van der Waals surface area contributed by atoms with Crippen molar-refractivity contribution in [1.82, 2.24) is 10.6 Å². The van der Waals surface area contributed by atoms with Gasteiger partial charge in [-0.05, 0) is 43.1 Å². The fourth-order valence-corrected chi connectivity index (χ4v) is 3.85. The molecule has 0 bridgehead atoms. The van der Waals surface area contributed by atoms with Crippen molar-refractivity contribution >= 4 is 29.0 Å². The van der Waals surface area contributed by atoms with Crippen LogP contribution in [0.2, 0.25) is 0 Å². The zero-order chi connectivity index (χ0) is 18.7. The summed E-state index contributed by atoms with van der Waals surface area (Å²) in [5.74, 6) is -1.82. The molecule has 1 atom stereocenters. The van der Waals surface area contributed by atoms with E-state index < -0.39 is 17.7 Å². The summed E-state index contributed by atoms with van der Waals surface area (Å²) < 4.78 is 27.0. The van der Waals surface area contributed by atoms with Crippen LogP contribution in [0, 0.1) is 11.6 Å². The first kappa shape index (κ1) is 18.3. The molecule has 5 N–H and O–H groups in total. The van der Waals surface area contributed by atoms with E-state index in [4.69, 9.17) is 5.73 Å². The highest BCUT2D eigenvalue weighted by molar-refractivity contribution is 7.18. The van der Waals surface area contributed by atoms with E-state index in [0.717, 1.165) is 48.9 Å². The second-order valence-corrected chi connectivity index (χ2v) is 7.07. The van der Waals surface area contributed by atoms with E-state index in [1.54, 1.807) is 0 Å². The number of urea groups is 1. The maximum absolute atomic E-state index is 13.5. The first-order chi connectivity index (χ1) is 12.4. The van der Waals surface area contributed by atoms with Crippen LogP contribution in [0.15, 0.2) is 24.3 Å². The third kappa shape index (κ3) is 4.36. The van der Waals surface area contributed by atoms with Crippen LogP contribution in [0.25, 0.3) is 10.4 Å². The minimum Gasteiger partial charge on any atom is -0.351 e. The number of thiophene rings is 1. The molecule has 0 aliphatic carbocycles. The molecule has 1 fully saturated rings. The molecule has 9 heteroatoms. The maximum Gasteiger partial charge on any atom is 0.316 e. The summed E-state index contributed by atoms with van der Waals surface area (Å²) in [7, 11) is 0. The van der Waals surface area contributed by atoms with Crippen LogP contribution in [-0.2, 0) is 0 Å². The first-order valence-corrected chi connectivity index (χ1v) is 8.92. The molecule has 3 amide bonds. The van der Waals surface area contributed by atoms with Crippen molar-refractivity contribution < 1.29 is 18.4 Å². The number of anilines is 1. The fourth-order valence-electron chi connectivity index (χ4n) is 2.85. The van der Waals surface area contributed by atoms with Crippen molar-refractivity contribution in [2.45, 2.75) is 18.9 Å². The van der Waals surface area contributed by atoms with Gasteiger partial charge in [0.15, 0.2) is 0 Å². The zero-order valence-corrected chi connectivity index (χ0v) is 14.6. The molecule has 0 spiro atoms. The summed E-state index contributed by atoms with van der Waals surface area (Å²) in [5.41, 5.74) is 5.65. The molecule has 0 radical (unpaired) electrons. The molecular weight excluding hydrogens is 362 g/mol. The van der Waals surface area contributed by atoms with Crippen LogP contribution in [0.3, 0.4) is 0 Å². The standard InChI is InChI=1S/C17H18F2N4O2S/c18-10-4-9(5-11(19)6-10)14-7-13(23-17(20)25)15(26-14)16(24)22-12-2-1-3-21-8-12/h4-7,12,21H,1-3,8H2,(H,22,24)(H3,20,23,25). The number of carbonyl (C=O) groups is 2. The van der Waals surface area contributed by atoms with Crippen LogP contribution in [0.5, 0.6) is 0 Å². The summed E-state index contributed by atoms with van der Waals surface area (Å²) in [5, 5.41) is 8.50. The molecule has 1 unspecified atom stereocenters. The van der Waals surface area contributed by atoms with Gasteiger partial charge in [-0.1, -0.05) is 0 Å². The summed E-state index contributed by atoms with van der Waals surface area (Å²) in [6, 6.07) is 3.73. The number of primary amides is 1. The number of hydrogen-bond acceptors (Lipinski definition) is 4. The number of rotatable bonds is 4. The lowest BCUT2D eigenvalue weighted by Crippen LogP contribution is -2.45. The topological polar surface area (TPSA) is 96.2 Å². The normalized spacial score (nSPS) is 16.9. The molecule has 3 rings (SSSR count). The Kier molecular flexibility index (Phi) is 5.48. The van der Waals surface area contributed by atoms with Crippen LogP contribution < -0.4 is 21.7 Å². The van der Waals surface area contributed by atoms with E-state index in [2.05, 4.69) is 16.0 Å². The van der Waals surface area contributed by atoms with Crippen molar-refractivity contribution in [2.24, 2.45) is 5.73 Å². The smallest absolute Gasteiger partial charge is 0.316 e. The second kappa shape index (κ2) is 7.79. The highest BCUT2D eigenvalue weighted by Gasteiger charge is 2.22. The first-order valence-electron chi connectivity index (χ1n) is 8.10. The van der Waals surface area contributed by atoms with Gasteiger partial charge >= 0.3 is 6.03 Å². The van der Waals surface area contributed by atoms with Gasteiger partial charge in [-0.25, -0.2) is 13.6 Å². The average molecular weight is 380 g/mol. The average Bonchev–Trinajstić information content (AvgIpc) is 2.98. The van der Waals surface area contributed by atoms with Gasteiger partial charge in [0.25, 0.3) is 5.91 Å². The number of nitrogens with two attached hydrogens (primary N) is 1. The molecule has 1 saturated heterocycles. The molecular formula is C17H18F2N4O2S. The number of hydrogen-bond donors (Lipinski definition) is 4. The lowest BCUT2D eigenvalue weighted by Gasteiger charge is -2.23. The SMILES string of the molecule is NC(=O)Nc1cc(-c2cc(F)cc(F)c2)sc1C(=O)NC1CCCNC1. The molecule has 1 aliphatic rings. The molecule has 6 nitrogen and oxygen atoms in total. The van der Waals surface area contributed by atoms with Gasteiger partial charge in [-0.3, -0.25) is 4.79 Å². The fraction of sp³-hybridized carbons (Fsp3) is 0.294. The number of benzene rings is 1. The third-order valence-electron chi connectivity index (χ3n) is 3.98. The van der Waals surface area contributed by atoms with E-state index in [1.807, 2.05) is 0 Å². The Morgan fingerprint density at radius 2 is 1.92 bits per heavy atom. The number of amides is 3. The summed E-state index contributed by atoms with van der Waals surface area (Å²) >= 11 is 1.03. The van der Waals surface area contributed by atoms with Crippen LogP contribution in [0.1, 0.15) is 22.5 Å². The van der Waals surface area contributed by atoms with Gasteiger partial charge in [-0.15, -0.1) is 11.3 Å². The van der Waals surface area contributed by atoms with Crippen LogP contribution >= 0.6 is 11.3 Å². The molecule has 2 heterocycles. The summed E-state index contributed by atoms with van der Waals surface area (Å²) in [6.45, 7) is 1.58. The van der Waals surface area contributed by atoms with Gasteiger partial charge in [0, 0.05) is 23.5 Å². The van der Waals surface area contributed by atoms with Crippen molar-refractivity contribution in [3.8, 4) is 10.4 Å². The molecule has 138 valence electrons. The summed E-state index contributed by atoms with van der Waals surface area (Å²) in [4.78, 5) is 24.5. The lowest BCUT2D eigenvalue weighted by atomic mass is 10.1. The minimum absolute atomic E-state index is 0.0187. The van der Waals surface area contributed by atoms with Gasteiger partial charge in [0.2, 0.25) is 0 Å². The van der Waals surface area contributed by atoms with Crippen molar-refractivity contribution in [2.75, 3.05) is 18.4 Å². The van der Waals surface area contributed by atoms with Crippen LogP contribution in [0.4, 0.5) is 19.3 Å². The van der Waals surface area contributed by atoms with Gasteiger partial charge in [0.1, 0.15) is 16.5 Å². The van der Waals surface area contributed by atoms with Gasteiger partial charge in [0.05, 0.1) is 5.69 Å². The largest absolute Gasteiger partial charge is 0.351 e. The quantitative estimate of drug-likeness (QED) is 0.657. The lowest BCUT2D eigenvalue weighted by molar-refractivity contribution is 0.0935. The minimum atomic E-state index is -0.826. The van der Waals surface area contributed by atoms with E-state index >= 15 is 0 Å². The maximum atomic E-state index is 13.5. The Morgan fingerprint density at radius 1 is 1.19 bits per heavy atom. The van der Waals surface area contributed by atoms with Crippen molar-refractivity contribution in [3.63, 3.8) is 0 Å². The van der Waals surface area contributed by atoms with Crippen molar-refractivity contribution in [3.05, 3.63) is 40.8 Å². The third-order valence-corrected chi connectivity index (χ3v) is 5.16. The van der Waals surface area contributed by atoms with E-state index in [0.29, 0.717) is 11.4 Å². The molecule has 2 aromatic rings.